The normalized spacial score (nSPS) is 10.4. The van der Waals surface area contributed by atoms with Crippen molar-refractivity contribution >= 4 is 41.2 Å². The van der Waals surface area contributed by atoms with Gasteiger partial charge in [0.25, 0.3) is 0 Å². The summed E-state index contributed by atoms with van der Waals surface area (Å²) in [6, 6.07) is 11.0. The highest BCUT2D eigenvalue weighted by atomic mass is 35.5. The fourth-order valence-corrected chi connectivity index (χ4v) is 2.95. The summed E-state index contributed by atoms with van der Waals surface area (Å²) >= 11 is 13.5. The molecule has 0 atom stereocenters. The van der Waals surface area contributed by atoms with Crippen LogP contribution in [0, 0.1) is 6.92 Å². The van der Waals surface area contributed by atoms with E-state index >= 15 is 0 Å². The lowest BCUT2D eigenvalue weighted by Crippen LogP contribution is -1.87. The second kappa shape index (κ2) is 5.79. The summed E-state index contributed by atoms with van der Waals surface area (Å²) in [7, 11) is 0. The van der Waals surface area contributed by atoms with E-state index in [9.17, 15) is 4.79 Å². The van der Waals surface area contributed by atoms with E-state index in [1.807, 2.05) is 25.1 Å². The first-order chi connectivity index (χ1) is 8.60. The molecule has 0 aliphatic rings. The van der Waals surface area contributed by atoms with Crippen LogP contribution in [0.15, 0.2) is 46.2 Å². The zero-order chi connectivity index (χ0) is 13.1. The Balaban J connectivity index is 2.39. The Bertz CT molecular complexity index is 596. The van der Waals surface area contributed by atoms with Crippen molar-refractivity contribution < 1.29 is 4.79 Å². The molecule has 0 radical (unpaired) electrons. The van der Waals surface area contributed by atoms with Gasteiger partial charge in [0.1, 0.15) is 0 Å². The van der Waals surface area contributed by atoms with Crippen molar-refractivity contribution in [1.82, 2.24) is 0 Å². The van der Waals surface area contributed by atoms with Crippen LogP contribution >= 0.6 is 35.0 Å². The van der Waals surface area contributed by atoms with Crippen molar-refractivity contribution in [2.45, 2.75) is 16.7 Å². The Kier molecular flexibility index (Phi) is 4.33. The van der Waals surface area contributed by atoms with Crippen molar-refractivity contribution in [3.63, 3.8) is 0 Å². The lowest BCUT2D eigenvalue weighted by atomic mass is 10.2. The third-order valence-electron chi connectivity index (χ3n) is 2.41. The molecule has 0 amide bonds. The topological polar surface area (TPSA) is 17.1 Å². The molecule has 4 heteroatoms. The average molecular weight is 297 g/mol. The van der Waals surface area contributed by atoms with Crippen LogP contribution in [0.4, 0.5) is 0 Å². The fourth-order valence-electron chi connectivity index (χ4n) is 1.53. The van der Waals surface area contributed by atoms with Crippen molar-refractivity contribution in [2.75, 3.05) is 0 Å². The Hall–Kier alpha value is -0.960. The minimum Gasteiger partial charge on any atom is -0.298 e. The van der Waals surface area contributed by atoms with E-state index in [0.29, 0.717) is 15.6 Å². The summed E-state index contributed by atoms with van der Waals surface area (Å²) in [5.41, 5.74) is 1.72. The summed E-state index contributed by atoms with van der Waals surface area (Å²) in [6.07, 6.45) is 0.855. The van der Waals surface area contributed by atoms with Gasteiger partial charge < -0.3 is 0 Å². The predicted octanol–water partition coefficient (Wildman–Crippen LogP) is 5.27. The highest BCUT2D eigenvalue weighted by Gasteiger charge is 2.08. The summed E-state index contributed by atoms with van der Waals surface area (Å²) < 4.78 is 0. The number of hydrogen-bond acceptors (Lipinski definition) is 2. The Morgan fingerprint density at radius 3 is 2.56 bits per heavy atom. The van der Waals surface area contributed by atoms with Gasteiger partial charge >= 0.3 is 0 Å². The van der Waals surface area contributed by atoms with Crippen LogP contribution in [-0.4, -0.2) is 6.29 Å². The predicted molar refractivity (Wildman–Crippen MR) is 77.2 cm³/mol. The van der Waals surface area contributed by atoms with Crippen molar-refractivity contribution in [3.8, 4) is 0 Å². The monoisotopic (exact) mass is 296 g/mol. The maximum atomic E-state index is 11.0. The van der Waals surface area contributed by atoms with Gasteiger partial charge in [-0.2, -0.15) is 0 Å². The number of aryl methyl sites for hydroxylation is 1. The van der Waals surface area contributed by atoms with Crippen LogP contribution in [0.2, 0.25) is 10.0 Å². The van der Waals surface area contributed by atoms with E-state index in [0.717, 1.165) is 21.6 Å². The molecule has 0 unspecified atom stereocenters. The molecular weight excluding hydrogens is 287 g/mol. The molecule has 0 heterocycles. The Labute approximate surface area is 120 Å². The molecule has 0 aliphatic carbocycles. The third kappa shape index (κ3) is 3.08. The first-order valence-electron chi connectivity index (χ1n) is 5.29. The molecule has 0 saturated carbocycles. The van der Waals surface area contributed by atoms with Gasteiger partial charge in [-0.05, 0) is 37.3 Å². The SMILES string of the molecule is Cc1ccc(Sc2cc(Cl)ccc2Cl)c(C=O)c1. The summed E-state index contributed by atoms with van der Waals surface area (Å²) in [4.78, 5) is 12.8. The molecule has 18 heavy (non-hydrogen) atoms. The summed E-state index contributed by atoms with van der Waals surface area (Å²) in [5, 5.41) is 1.25. The number of halogens is 2. The molecule has 0 bridgehead atoms. The van der Waals surface area contributed by atoms with Crippen molar-refractivity contribution in [3.05, 3.63) is 57.6 Å². The lowest BCUT2D eigenvalue weighted by Gasteiger charge is -2.07. The van der Waals surface area contributed by atoms with Gasteiger partial charge in [-0.25, -0.2) is 0 Å². The van der Waals surface area contributed by atoms with Gasteiger partial charge in [0, 0.05) is 20.4 Å². The van der Waals surface area contributed by atoms with E-state index in [4.69, 9.17) is 23.2 Å². The second-order valence-electron chi connectivity index (χ2n) is 3.84. The largest absolute Gasteiger partial charge is 0.298 e. The minimum absolute atomic E-state index is 0.627. The lowest BCUT2D eigenvalue weighted by molar-refractivity contribution is 0.112. The molecule has 0 N–H and O–H groups in total. The van der Waals surface area contributed by atoms with Crippen LogP contribution in [-0.2, 0) is 0 Å². The van der Waals surface area contributed by atoms with Crippen LogP contribution in [0.5, 0.6) is 0 Å². The molecule has 0 aliphatic heterocycles. The molecule has 2 aromatic carbocycles. The first-order valence-corrected chi connectivity index (χ1v) is 6.86. The zero-order valence-electron chi connectivity index (χ0n) is 9.61. The Morgan fingerprint density at radius 1 is 1.06 bits per heavy atom. The molecule has 2 rings (SSSR count). The Morgan fingerprint density at radius 2 is 1.83 bits per heavy atom. The van der Waals surface area contributed by atoms with Crippen molar-refractivity contribution in [1.29, 1.82) is 0 Å². The molecule has 0 saturated heterocycles. The number of carbonyl (C=O) groups is 1. The number of carbonyl (C=O) groups excluding carboxylic acids is 1. The van der Waals surface area contributed by atoms with E-state index in [1.54, 1.807) is 18.2 Å². The van der Waals surface area contributed by atoms with Gasteiger partial charge in [-0.3, -0.25) is 4.79 Å². The van der Waals surface area contributed by atoms with Gasteiger partial charge in [0.15, 0.2) is 6.29 Å². The van der Waals surface area contributed by atoms with E-state index in [2.05, 4.69) is 0 Å². The number of benzene rings is 2. The van der Waals surface area contributed by atoms with E-state index in [-0.39, 0.29) is 0 Å². The molecule has 2 aromatic rings. The maximum Gasteiger partial charge on any atom is 0.151 e. The highest BCUT2D eigenvalue weighted by molar-refractivity contribution is 7.99. The maximum absolute atomic E-state index is 11.0. The van der Waals surface area contributed by atoms with Gasteiger partial charge in [0.2, 0.25) is 0 Å². The summed E-state index contributed by atoms with van der Waals surface area (Å²) in [6.45, 7) is 1.95. The molecule has 0 fully saturated rings. The molecule has 92 valence electrons. The number of aldehydes is 1. The molecule has 0 spiro atoms. The minimum atomic E-state index is 0.627. The smallest absolute Gasteiger partial charge is 0.151 e. The van der Waals surface area contributed by atoms with Crippen LogP contribution < -0.4 is 0 Å². The molecule has 1 nitrogen and oxygen atoms in total. The van der Waals surface area contributed by atoms with Gasteiger partial charge in [-0.1, -0.05) is 46.6 Å². The van der Waals surface area contributed by atoms with Gasteiger partial charge in [-0.15, -0.1) is 0 Å². The zero-order valence-corrected chi connectivity index (χ0v) is 11.9. The van der Waals surface area contributed by atoms with Crippen LogP contribution in [0.25, 0.3) is 0 Å². The van der Waals surface area contributed by atoms with Crippen LogP contribution in [0.3, 0.4) is 0 Å². The standard InChI is InChI=1S/C14H10Cl2OS/c1-9-2-5-13(10(6-9)8-17)18-14-7-11(15)3-4-12(14)16/h2-8H,1H3. The highest BCUT2D eigenvalue weighted by Crippen LogP contribution is 2.36. The van der Waals surface area contributed by atoms with Crippen molar-refractivity contribution in [2.24, 2.45) is 0 Å². The summed E-state index contributed by atoms with van der Waals surface area (Å²) in [5.74, 6) is 0. The van der Waals surface area contributed by atoms with Gasteiger partial charge in [0.05, 0.1) is 5.02 Å². The average Bonchev–Trinajstić information content (AvgIpc) is 2.36. The van der Waals surface area contributed by atoms with E-state index < -0.39 is 0 Å². The van der Waals surface area contributed by atoms with E-state index in [1.165, 1.54) is 11.8 Å². The number of rotatable bonds is 3. The molecular formula is C14H10Cl2OS. The first kappa shape index (κ1) is 13.5. The number of hydrogen-bond donors (Lipinski definition) is 0. The molecule has 0 aromatic heterocycles. The third-order valence-corrected chi connectivity index (χ3v) is 4.23. The fraction of sp³-hybridized carbons (Fsp3) is 0.0714. The second-order valence-corrected chi connectivity index (χ2v) is 5.76. The quantitative estimate of drug-likeness (QED) is 0.718. The van der Waals surface area contributed by atoms with Crippen LogP contribution in [0.1, 0.15) is 15.9 Å².